The second kappa shape index (κ2) is 13.2. The van der Waals surface area contributed by atoms with Gasteiger partial charge in [0.1, 0.15) is 0 Å². The predicted molar refractivity (Wildman–Crippen MR) is 203 cm³/mol. The molecule has 6 nitrogen and oxygen atoms in total. The lowest BCUT2D eigenvalue weighted by Crippen LogP contribution is -2.39. The summed E-state index contributed by atoms with van der Waals surface area (Å²) < 4.78 is 0. The lowest BCUT2D eigenvalue weighted by Gasteiger charge is -2.44. The Balaban J connectivity index is 1.18. The number of nitrogens with zero attached hydrogens (tertiary/aromatic N) is 2. The Kier molecular flexibility index (Phi) is 8.43. The summed E-state index contributed by atoms with van der Waals surface area (Å²) >= 11 is 12.6. The Hall–Kier alpha value is -4.52. The molecule has 0 spiro atoms. The zero-order chi connectivity index (χ0) is 35.7. The van der Waals surface area contributed by atoms with Crippen LogP contribution in [0.1, 0.15) is 100 Å². The number of carbonyl (C=O) groups is 4. The summed E-state index contributed by atoms with van der Waals surface area (Å²) in [5, 5.41) is 1.26. The Morgan fingerprint density at radius 2 is 0.654 bits per heavy atom. The van der Waals surface area contributed by atoms with Gasteiger partial charge in [-0.2, -0.15) is 0 Å². The van der Waals surface area contributed by atoms with Crippen molar-refractivity contribution in [2.45, 2.75) is 88.9 Å². The quantitative estimate of drug-likeness (QED) is 0.266. The van der Waals surface area contributed by atoms with Crippen LogP contribution in [0.4, 0.5) is 11.4 Å². The van der Waals surface area contributed by atoms with Crippen molar-refractivity contribution in [3.63, 3.8) is 0 Å². The van der Waals surface area contributed by atoms with Crippen LogP contribution in [0.2, 0.25) is 10.0 Å². The molecule has 9 rings (SSSR count). The topological polar surface area (TPSA) is 74.8 Å². The summed E-state index contributed by atoms with van der Waals surface area (Å²) in [6.45, 7) is 0. The van der Waals surface area contributed by atoms with Crippen molar-refractivity contribution in [1.82, 2.24) is 0 Å². The second-order valence-electron chi connectivity index (χ2n) is 14.7. The summed E-state index contributed by atoms with van der Waals surface area (Å²) in [6, 6.07) is 23.4. The summed E-state index contributed by atoms with van der Waals surface area (Å²) in [4.78, 5) is 60.1. The molecular weight excluding hydrogens is 691 g/mol. The highest BCUT2D eigenvalue weighted by Crippen LogP contribution is 2.53. The van der Waals surface area contributed by atoms with Gasteiger partial charge in [0.2, 0.25) is 0 Å². The number of ketones is 4. The fourth-order valence-electron chi connectivity index (χ4n) is 9.59. The molecule has 0 fully saturated rings. The minimum Gasteiger partial charge on any atom is -0.317 e. The maximum absolute atomic E-state index is 14.0. The molecule has 0 saturated heterocycles. The van der Waals surface area contributed by atoms with Gasteiger partial charge in [-0.05, 0) is 111 Å². The van der Waals surface area contributed by atoms with Gasteiger partial charge in [0, 0.05) is 104 Å². The van der Waals surface area contributed by atoms with Crippen molar-refractivity contribution >= 4 is 57.7 Å². The number of allylic oxidation sites excluding steroid dienone is 8. The van der Waals surface area contributed by atoms with Crippen LogP contribution >= 0.6 is 23.2 Å². The normalized spacial score (nSPS) is 21.5. The van der Waals surface area contributed by atoms with Gasteiger partial charge in [0.05, 0.1) is 0 Å². The highest BCUT2D eigenvalue weighted by Gasteiger charge is 2.46. The van der Waals surface area contributed by atoms with E-state index in [9.17, 15) is 19.2 Å². The first-order valence-corrected chi connectivity index (χ1v) is 19.3. The van der Waals surface area contributed by atoms with Gasteiger partial charge in [0.15, 0.2) is 23.1 Å². The first kappa shape index (κ1) is 33.3. The molecule has 262 valence electrons. The van der Waals surface area contributed by atoms with Gasteiger partial charge in [-0.3, -0.25) is 19.2 Å². The maximum Gasteiger partial charge on any atom is 0.161 e. The largest absolute Gasteiger partial charge is 0.317 e. The molecule has 3 aromatic carbocycles. The van der Waals surface area contributed by atoms with Crippen molar-refractivity contribution in [3.05, 3.63) is 139 Å². The summed E-state index contributed by atoms with van der Waals surface area (Å²) in [5.74, 6) is -0.602. The van der Waals surface area contributed by atoms with Crippen LogP contribution in [0.5, 0.6) is 0 Å². The molecule has 3 aromatic rings. The van der Waals surface area contributed by atoms with Crippen LogP contribution in [0, 0.1) is 0 Å². The zero-order valence-corrected chi connectivity index (χ0v) is 30.4. The highest BCUT2D eigenvalue weighted by molar-refractivity contribution is 6.31. The number of benzene rings is 3. The number of hydrogen-bond acceptors (Lipinski definition) is 6. The van der Waals surface area contributed by atoms with Gasteiger partial charge in [-0.25, -0.2) is 0 Å². The molecule has 0 N–H and O–H groups in total. The van der Waals surface area contributed by atoms with Crippen molar-refractivity contribution in [3.8, 4) is 0 Å². The van der Waals surface area contributed by atoms with Crippen molar-refractivity contribution in [1.29, 1.82) is 0 Å². The molecule has 2 heterocycles. The first-order valence-electron chi connectivity index (χ1n) is 18.6. The number of halogens is 2. The minimum atomic E-state index is -0.466. The third-order valence-electron chi connectivity index (χ3n) is 11.7. The molecule has 2 aliphatic heterocycles. The van der Waals surface area contributed by atoms with Gasteiger partial charge < -0.3 is 9.80 Å². The van der Waals surface area contributed by atoms with E-state index in [2.05, 4.69) is 9.80 Å². The highest BCUT2D eigenvalue weighted by atomic mass is 35.5. The van der Waals surface area contributed by atoms with Crippen LogP contribution in [-0.2, 0) is 19.2 Å². The third kappa shape index (κ3) is 5.37. The van der Waals surface area contributed by atoms with Gasteiger partial charge >= 0.3 is 0 Å². The van der Waals surface area contributed by atoms with Crippen LogP contribution in [0.3, 0.4) is 0 Å². The fourth-order valence-corrected chi connectivity index (χ4v) is 9.84. The fraction of sp³-hybridized carbons (Fsp3) is 0.318. The van der Waals surface area contributed by atoms with Crippen LogP contribution < -0.4 is 9.80 Å². The number of Topliss-reactive ketones (excluding diaryl/α,β-unsaturated/α-hetero) is 4. The lowest BCUT2D eigenvalue weighted by molar-refractivity contribution is -0.118. The number of rotatable bonds is 4. The average molecular weight is 730 g/mol. The second-order valence-corrected chi connectivity index (χ2v) is 15.6. The average Bonchev–Trinajstić information content (AvgIpc) is 3.15. The molecule has 0 radical (unpaired) electrons. The molecule has 0 bridgehead atoms. The molecule has 52 heavy (non-hydrogen) atoms. The maximum atomic E-state index is 14.0. The minimum absolute atomic E-state index is 0.0824. The van der Waals surface area contributed by atoms with E-state index in [1.165, 1.54) is 0 Å². The molecule has 0 unspecified atom stereocenters. The Morgan fingerprint density at radius 1 is 0.385 bits per heavy atom. The molecule has 0 amide bonds. The number of hydrogen-bond donors (Lipinski definition) is 0. The van der Waals surface area contributed by atoms with Crippen LogP contribution in [-0.4, -0.2) is 23.1 Å². The van der Waals surface area contributed by atoms with Crippen molar-refractivity contribution < 1.29 is 19.2 Å². The van der Waals surface area contributed by atoms with Crippen LogP contribution in [0.25, 0.3) is 0 Å². The van der Waals surface area contributed by atoms with E-state index in [0.29, 0.717) is 58.0 Å². The third-order valence-corrected chi connectivity index (χ3v) is 12.2. The predicted octanol–water partition coefficient (Wildman–Crippen LogP) is 10.2. The lowest BCUT2D eigenvalue weighted by atomic mass is 9.69. The van der Waals surface area contributed by atoms with Crippen LogP contribution in [0.15, 0.2) is 118 Å². The van der Waals surface area contributed by atoms with E-state index < -0.39 is 11.8 Å². The molecule has 8 heteroatoms. The van der Waals surface area contributed by atoms with Gasteiger partial charge in [-0.1, -0.05) is 47.5 Å². The van der Waals surface area contributed by atoms with E-state index in [0.717, 1.165) is 96.7 Å². The molecule has 0 saturated carbocycles. The first-order chi connectivity index (χ1) is 25.3. The molecule has 0 aromatic heterocycles. The van der Waals surface area contributed by atoms with Crippen molar-refractivity contribution in [2.75, 3.05) is 9.80 Å². The Morgan fingerprint density at radius 3 is 0.923 bits per heavy atom. The van der Waals surface area contributed by atoms with E-state index in [-0.39, 0.29) is 23.1 Å². The van der Waals surface area contributed by atoms with E-state index in [4.69, 9.17) is 23.2 Å². The van der Waals surface area contributed by atoms with Gasteiger partial charge in [0.25, 0.3) is 0 Å². The molecule has 4 aliphatic carbocycles. The number of anilines is 2. The number of carbonyl (C=O) groups excluding carboxylic acids is 4. The molecule has 0 atom stereocenters. The Bertz CT molecular complexity index is 1950. The Labute approximate surface area is 313 Å². The summed E-state index contributed by atoms with van der Waals surface area (Å²) in [6.07, 6.45) is 7.80. The monoisotopic (exact) mass is 728 g/mol. The van der Waals surface area contributed by atoms with E-state index in [1.54, 1.807) is 0 Å². The molecule has 6 aliphatic rings. The smallest absolute Gasteiger partial charge is 0.161 e. The zero-order valence-electron chi connectivity index (χ0n) is 28.9. The SMILES string of the molecule is O=C1CCCC2=C1C(c1ccc(C3C4=C(CCCC4=O)N(c4ccc(Cl)cc4)C4=C3C(=O)CCC4)cc1)C1=C(CCCC1=O)N2c1ccc(Cl)cc1. The van der Waals surface area contributed by atoms with Gasteiger partial charge in [-0.15, -0.1) is 0 Å². The summed E-state index contributed by atoms with van der Waals surface area (Å²) in [7, 11) is 0. The standard InChI is InChI=1S/C44H38Cl2N2O4/c45-27-17-21-29(22-18-27)47-31-5-1-9-35(49)41(31)39(42-32(47)6-2-10-36(42)50)25-13-15-26(16-14-25)40-43-33(7-3-11-37(43)51)48(30-23-19-28(46)20-24-30)34-8-4-12-38(52)44(34)40/h13-24,39-40H,1-12H2. The van der Waals surface area contributed by atoms with E-state index >= 15 is 0 Å². The van der Waals surface area contributed by atoms with E-state index in [1.807, 2.05) is 72.8 Å². The van der Waals surface area contributed by atoms with Crippen molar-refractivity contribution in [2.24, 2.45) is 0 Å². The molecular formula is C44H38Cl2N2O4. The summed E-state index contributed by atoms with van der Waals surface area (Å²) in [5.41, 5.74) is 10.3.